The van der Waals surface area contributed by atoms with Crippen LogP contribution in [0.5, 0.6) is 23.0 Å². The summed E-state index contributed by atoms with van der Waals surface area (Å²) in [6.45, 7) is 13.0. The van der Waals surface area contributed by atoms with Crippen molar-refractivity contribution in [2.45, 2.75) is 167 Å². The molecular formula is C52H76N2O10. The van der Waals surface area contributed by atoms with E-state index in [4.69, 9.17) is 33.7 Å². The molecule has 1 fully saturated rings. The number of aromatic hydroxyl groups is 1. The third kappa shape index (κ3) is 12.3. The molecule has 1 amide bonds. The molecule has 2 aliphatic carbocycles. The summed E-state index contributed by atoms with van der Waals surface area (Å²) in [7, 11) is 0. The van der Waals surface area contributed by atoms with Gasteiger partial charge in [-0.3, -0.25) is 4.90 Å². The Bertz CT molecular complexity index is 1870. The Morgan fingerprint density at radius 1 is 0.891 bits per heavy atom. The SMILES string of the molecule is C=CCOC12Oc3ccc(O)cc3C3C(CCCCO)C(CCCCO)C=C(C(=NOC(C)(C)C)CC1N(Cc1ccc4c(c1)OCO4)C(=O)OCCCCCCCCCCCC)C32. The largest absolute Gasteiger partial charge is 0.508 e. The van der Waals surface area contributed by atoms with Crippen LogP contribution in [0.2, 0.25) is 0 Å². The van der Waals surface area contributed by atoms with E-state index in [1.807, 2.05) is 39.0 Å². The van der Waals surface area contributed by atoms with Crippen LogP contribution in [-0.2, 0) is 20.9 Å². The van der Waals surface area contributed by atoms with Gasteiger partial charge in [-0.05, 0) is 106 Å². The van der Waals surface area contributed by atoms with E-state index in [1.54, 1.807) is 29.2 Å². The van der Waals surface area contributed by atoms with Crippen molar-refractivity contribution in [3.8, 4) is 23.0 Å². The predicted molar refractivity (Wildman–Crippen MR) is 249 cm³/mol. The van der Waals surface area contributed by atoms with Crippen molar-refractivity contribution in [1.82, 2.24) is 4.90 Å². The van der Waals surface area contributed by atoms with Crippen LogP contribution >= 0.6 is 0 Å². The maximum absolute atomic E-state index is 15.0. The minimum absolute atomic E-state index is 0.0317. The topological polar surface area (TPSA) is 149 Å². The Hall–Kier alpha value is -4.26. The maximum atomic E-state index is 15.0. The average molecular weight is 889 g/mol. The molecule has 0 aromatic heterocycles. The highest BCUT2D eigenvalue weighted by Crippen LogP contribution is 2.62. The van der Waals surface area contributed by atoms with Gasteiger partial charge < -0.3 is 43.8 Å². The molecule has 4 aliphatic rings. The molecule has 0 saturated heterocycles. The average Bonchev–Trinajstić information content (AvgIpc) is 3.75. The number of allylic oxidation sites excluding steroid dienone is 1. The van der Waals surface area contributed by atoms with E-state index >= 15 is 0 Å². The fourth-order valence-electron chi connectivity index (χ4n) is 10.2. The van der Waals surface area contributed by atoms with Crippen LogP contribution < -0.4 is 14.2 Å². The smallest absolute Gasteiger partial charge is 0.410 e. The minimum atomic E-state index is -1.47. The van der Waals surface area contributed by atoms with Crippen molar-refractivity contribution in [3.05, 3.63) is 71.8 Å². The van der Waals surface area contributed by atoms with Crippen molar-refractivity contribution < 1.29 is 48.6 Å². The molecule has 3 N–H and O–H groups in total. The lowest BCUT2D eigenvalue weighted by Crippen LogP contribution is -2.70. The number of hydrogen-bond acceptors (Lipinski definition) is 11. The molecule has 0 spiro atoms. The van der Waals surface area contributed by atoms with Gasteiger partial charge in [-0.25, -0.2) is 4.79 Å². The highest BCUT2D eigenvalue weighted by atomic mass is 16.7. The molecule has 6 unspecified atom stereocenters. The monoisotopic (exact) mass is 889 g/mol. The first-order chi connectivity index (χ1) is 31.0. The highest BCUT2D eigenvalue weighted by molar-refractivity contribution is 6.03. The third-order valence-corrected chi connectivity index (χ3v) is 13.2. The van der Waals surface area contributed by atoms with E-state index in [2.05, 4.69) is 19.6 Å². The molecule has 0 bridgehead atoms. The molecule has 6 rings (SSSR count). The number of carbonyl (C=O) groups is 1. The number of nitrogens with zero attached hydrogens (tertiary/aromatic N) is 2. The maximum Gasteiger partial charge on any atom is 0.410 e. The van der Waals surface area contributed by atoms with Gasteiger partial charge in [-0.15, -0.1) is 6.58 Å². The van der Waals surface area contributed by atoms with Crippen LogP contribution in [0.15, 0.2) is 65.9 Å². The Morgan fingerprint density at radius 2 is 1.58 bits per heavy atom. The highest BCUT2D eigenvalue weighted by Gasteiger charge is 2.65. The lowest BCUT2D eigenvalue weighted by molar-refractivity contribution is -0.256. The number of oxime groups is 1. The second-order valence-corrected chi connectivity index (χ2v) is 19.1. The van der Waals surface area contributed by atoms with E-state index < -0.39 is 29.4 Å². The number of carbonyl (C=O) groups excluding carboxylic acids is 1. The molecule has 354 valence electrons. The standard InChI is InChI=1S/C52H76N2O10/c1-6-8-9-10-11-12-13-14-15-20-30-59-50(58)54(35-37-23-25-45-46(31-37)61-36-60-45)47-34-43(53-64-51(3,4)5)41-32-38(21-16-18-27-55)40(22-17-19-28-56)48-42-33-39(57)24-26-44(42)63-52(47,49(41)48)62-29-7-2/h7,23-26,31-33,38,40,47-49,55-57H,2,6,8-22,27-30,34-36H2,1,3-5H3. The normalized spacial score (nSPS) is 23.8. The lowest BCUT2D eigenvalue weighted by Gasteiger charge is -2.60. The number of fused-ring (bicyclic) bond motifs is 3. The fraction of sp³-hybridized carbons (Fsp3) is 0.654. The predicted octanol–water partition coefficient (Wildman–Crippen LogP) is 11.1. The second-order valence-electron chi connectivity index (χ2n) is 19.1. The van der Waals surface area contributed by atoms with E-state index in [0.717, 1.165) is 61.6 Å². The van der Waals surface area contributed by atoms with Crippen molar-refractivity contribution in [1.29, 1.82) is 0 Å². The molecule has 0 radical (unpaired) electrons. The minimum Gasteiger partial charge on any atom is -0.508 e. The van der Waals surface area contributed by atoms with Crippen LogP contribution in [0.1, 0.15) is 154 Å². The van der Waals surface area contributed by atoms with Crippen molar-refractivity contribution in [2.75, 3.05) is 33.2 Å². The number of phenolic OH excluding ortho intramolecular Hbond substituents is 1. The number of amides is 1. The van der Waals surface area contributed by atoms with Gasteiger partial charge in [0, 0.05) is 37.7 Å². The zero-order chi connectivity index (χ0) is 45.5. The molecular weight excluding hydrogens is 813 g/mol. The van der Waals surface area contributed by atoms with Gasteiger partial charge in [-0.1, -0.05) is 101 Å². The summed E-state index contributed by atoms with van der Waals surface area (Å²) in [4.78, 5) is 23.0. The molecule has 2 aliphatic heterocycles. The number of ether oxygens (including phenoxy) is 5. The fourth-order valence-corrected chi connectivity index (χ4v) is 10.2. The Morgan fingerprint density at radius 3 is 2.28 bits per heavy atom. The first kappa shape index (κ1) is 49.2. The molecule has 2 heterocycles. The summed E-state index contributed by atoms with van der Waals surface area (Å²) in [5.74, 6) is -0.175. The van der Waals surface area contributed by atoms with E-state index in [1.165, 1.54) is 44.9 Å². The zero-order valence-electron chi connectivity index (χ0n) is 39.1. The molecule has 2 aromatic carbocycles. The van der Waals surface area contributed by atoms with Crippen LogP contribution in [0.25, 0.3) is 0 Å². The van der Waals surface area contributed by atoms with Crippen LogP contribution in [-0.4, -0.2) is 82.7 Å². The summed E-state index contributed by atoms with van der Waals surface area (Å²) >= 11 is 0. The Kier molecular flexibility index (Phi) is 18.3. The summed E-state index contributed by atoms with van der Waals surface area (Å²) in [6.07, 6.45) is 20.0. The van der Waals surface area contributed by atoms with E-state index in [-0.39, 0.29) is 69.7 Å². The molecule has 64 heavy (non-hydrogen) atoms. The molecule has 6 atom stereocenters. The van der Waals surface area contributed by atoms with E-state index in [0.29, 0.717) is 35.8 Å². The summed E-state index contributed by atoms with van der Waals surface area (Å²) in [6, 6.07) is 10.2. The van der Waals surface area contributed by atoms with Gasteiger partial charge in [-0.2, -0.15) is 0 Å². The van der Waals surface area contributed by atoms with Gasteiger partial charge in [0.15, 0.2) is 11.5 Å². The van der Waals surface area contributed by atoms with Gasteiger partial charge >= 0.3 is 6.09 Å². The van der Waals surface area contributed by atoms with Gasteiger partial charge in [0.05, 0.1) is 24.8 Å². The lowest BCUT2D eigenvalue weighted by atomic mass is 9.55. The molecule has 12 heteroatoms. The second kappa shape index (κ2) is 23.8. The first-order valence-electron chi connectivity index (χ1n) is 24.3. The Balaban J connectivity index is 1.44. The third-order valence-electron chi connectivity index (χ3n) is 13.2. The Labute approximate surface area is 382 Å². The first-order valence-corrected chi connectivity index (χ1v) is 24.3. The van der Waals surface area contributed by atoms with Crippen molar-refractivity contribution >= 4 is 11.8 Å². The number of hydrogen-bond donors (Lipinski definition) is 3. The zero-order valence-corrected chi connectivity index (χ0v) is 39.1. The number of aliphatic hydroxyl groups excluding tert-OH is 2. The molecule has 1 saturated carbocycles. The van der Waals surface area contributed by atoms with Crippen LogP contribution in [0.3, 0.4) is 0 Å². The van der Waals surface area contributed by atoms with Crippen LogP contribution in [0.4, 0.5) is 4.79 Å². The van der Waals surface area contributed by atoms with Gasteiger partial charge in [0.2, 0.25) is 12.6 Å². The van der Waals surface area contributed by atoms with Crippen LogP contribution in [0, 0.1) is 17.8 Å². The summed E-state index contributed by atoms with van der Waals surface area (Å²) in [5.41, 5.74) is 2.69. The number of aliphatic hydroxyl groups is 2. The number of rotatable bonds is 26. The summed E-state index contributed by atoms with van der Waals surface area (Å²) in [5, 5.41) is 35.8. The number of benzene rings is 2. The molecule has 12 nitrogen and oxygen atoms in total. The van der Waals surface area contributed by atoms with E-state index in [9.17, 15) is 20.1 Å². The molecule has 2 aromatic rings. The van der Waals surface area contributed by atoms with Gasteiger partial charge in [0.25, 0.3) is 0 Å². The number of unbranched alkanes of at least 4 members (excludes halogenated alkanes) is 11. The van der Waals surface area contributed by atoms with Crippen molar-refractivity contribution in [2.24, 2.45) is 22.9 Å². The quantitative estimate of drug-likeness (QED) is 0.0473. The van der Waals surface area contributed by atoms with Gasteiger partial charge in [0.1, 0.15) is 23.1 Å². The number of phenols is 1. The van der Waals surface area contributed by atoms with Crippen molar-refractivity contribution in [3.63, 3.8) is 0 Å². The summed E-state index contributed by atoms with van der Waals surface area (Å²) < 4.78 is 32.1.